The number of carbonyl (C=O) groups is 2. The van der Waals surface area contributed by atoms with Crippen LogP contribution in [0.4, 0.5) is 0 Å². The molecule has 86 valence electrons. The minimum Gasteiger partial charge on any atom is -0.477 e. The van der Waals surface area contributed by atoms with Gasteiger partial charge in [-0.25, -0.2) is 4.79 Å². The summed E-state index contributed by atoms with van der Waals surface area (Å²) in [6.07, 6.45) is 1.89. The van der Waals surface area contributed by atoms with Gasteiger partial charge < -0.3 is 10.4 Å². The molecule has 0 atom stereocenters. The number of carbonyl (C=O) groups excluding carboxylic acids is 1. The first-order chi connectivity index (χ1) is 7.50. The second kappa shape index (κ2) is 5.46. The summed E-state index contributed by atoms with van der Waals surface area (Å²) in [6, 6.07) is 2.95. The Hall–Kier alpha value is -1.62. The lowest BCUT2D eigenvalue weighted by atomic mass is 10.3. The Morgan fingerprint density at radius 1 is 1.38 bits per heavy atom. The Morgan fingerprint density at radius 3 is 2.50 bits per heavy atom. The van der Waals surface area contributed by atoms with Crippen molar-refractivity contribution < 1.29 is 14.7 Å². The van der Waals surface area contributed by atoms with Crippen LogP contribution < -0.4 is 5.32 Å². The minimum absolute atomic E-state index is 0.173. The molecule has 16 heavy (non-hydrogen) atoms. The molecule has 0 aliphatic carbocycles. The zero-order valence-electron chi connectivity index (χ0n) is 9.11. The zero-order valence-corrected chi connectivity index (χ0v) is 9.93. The summed E-state index contributed by atoms with van der Waals surface area (Å²) in [5.41, 5.74) is 1.12. The second-order valence-electron chi connectivity index (χ2n) is 3.46. The summed E-state index contributed by atoms with van der Waals surface area (Å²) >= 11 is 0.976. The first-order valence-electron chi connectivity index (χ1n) is 4.75. The first kappa shape index (κ1) is 12.4. The summed E-state index contributed by atoms with van der Waals surface area (Å²) < 4.78 is 0. The molecule has 1 rings (SSSR count). The highest BCUT2D eigenvalue weighted by Gasteiger charge is 2.11. The van der Waals surface area contributed by atoms with Gasteiger partial charge in [-0.1, -0.05) is 11.6 Å². The number of rotatable bonds is 4. The van der Waals surface area contributed by atoms with E-state index in [-0.39, 0.29) is 10.8 Å². The summed E-state index contributed by atoms with van der Waals surface area (Å²) in [7, 11) is 0. The van der Waals surface area contributed by atoms with Gasteiger partial charge in [-0.15, -0.1) is 11.3 Å². The number of amides is 1. The van der Waals surface area contributed by atoms with Crippen LogP contribution >= 0.6 is 11.3 Å². The van der Waals surface area contributed by atoms with Crippen LogP contribution in [0.2, 0.25) is 0 Å². The molecule has 0 spiro atoms. The van der Waals surface area contributed by atoms with Crippen molar-refractivity contribution in [2.75, 3.05) is 6.54 Å². The van der Waals surface area contributed by atoms with Crippen molar-refractivity contribution in [3.8, 4) is 0 Å². The van der Waals surface area contributed by atoms with Gasteiger partial charge >= 0.3 is 5.97 Å². The third kappa shape index (κ3) is 3.51. The Labute approximate surface area is 97.6 Å². The summed E-state index contributed by atoms with van der Waals surface area (Å²) in [5, 5.41) is 11.4. The quantitative estimate of drug-likeness (QED) is 0.791. The van der Waals surface area contributed by atoms with Gasteiger partial charge in [0.2, 0.25) is 0 Å². The fourth-order valence-corrected chi connectivity index (χ4v) is 1.77. The lowest BCUT2D eigenvalue weighted by Crippen LogP contribution is -2.22. The molecular formula is C11H13NO3S. The second-order valence-corrected chi connectivity index (χ2v) is 4.54. The maximum atomic E-state index is 11.5. The van der Waals surface area contributed by atoms with Crippen molar-refractivity contribution >= 4 is 23.2 Å². The van der Waals surface area contributed by atoms with E-state index in [2.05, 4.69) is 5.32 Å². The number of carboxylic acids is 1. The largest absolute Gasteiger partial charge is 0.477 e. The molecule has 1 heterocycles. The topological polar surface area (TPSA) is 66.4 Å². The molecule has 2 N–H and O–H groups in total. The molecule has 0 unspecified atom stereocenters. The molecule has 0 saturated heterocycles. The van der Waals surface area contributed by atoms with Crippen molar-refractivity contribution in [3.05, 3.63) is 33.5 Å². The highest BCUT2D eigenvalue weighted by Crippen LogP contribution is 2.15. The zero-order chi connectivity index (χ0) is 12.1. The number of thiophene rings is 1. The first-order valence-corrected chi connectivity index (χ1v) is 5.57. The minimum atomic E-state index is -1.01. The van der Waals surface area contributed by atoms with Crippen molar-refractivity contribution in [2.45, 2.75) is 13.8 Å². The molecule has 5 heteroatoms. The predicted molar refractivity (Wildman–Crippen MR) is 63.0 cm³/mol. The molecule has 0 fully saturated rings. The van der Waals surface area contributed by atoms with Crippen LogP contribution in [0.1, 0.15) is 33.2 Å². The van der Waals surface area contributed by atoms with Crippen molar-refractivity contribution in [1.29, 1.82) is 0 Å². The predicted octanol–water partition coefficient (Wildman–Crippen LogP) is 2.14. The van der Waals surface area contributed by atoms with Crippen LogP contribution in [0.3, 0.4) is 0 Å². The van der Waals surface area contributed by atoms with E-state index in [4.69, 9.17) is 5.11 Å². The lowest BCUT2D eigenvalue weighted by Gasteiger charge is -1.99. The van der Waals surface area contributed by atoms with Crippen LogP contribution in [0, 0.1) is 0 Å². The van der Waals surface area contributed by atoms with Crippen LogP contribution in [0.15, 0.2) is 23.8 Å². The fraction of sp³-hybridized carbons (Fsp3) is 0.273. The van der Waals surface area contributed by atoms with E-state index in [1.54, 1.807) is 0 Å². The van der Waals surface area contributed by atoms with E-state index in [0.29, 0.717) is 11.4 Å². The van der Waals surface area contributed by atoms with E-state index in [9.17, 15) is 9.59 Å². The number of hydrogen-bond donors (Lipinski definition) is 2. The molecule has 4 nitrogen and oxygen atoms in total. The van der Waals surface area contributed by atoms with Crippen molar-refractivity contribution in [1.82, 2.24) is 5.32 Å². The number of aromatic carboxylic acids is 1. The molecule has 0 aliphatic heterocycles. The van der Waals surface area contributed by atoms with Gasteiger partial charge in [-0.2, -0.15) is 0 Å². The van der Waals surface area contributed by atoms with Crippen LogP contribution in [0.5, 0.6) is 0 Å². The smallest absolute Gasteiger partial charge is 0.345 e. The van der Waals surface area contributed by atoms with E-state index in [1.807, 2.05) is 19.9 Å². The lowest BCUT2D eigenvalue weighted by molar-refractivity contribution is 0.0702. The number of hydrogen-bond acceptors (Lipinski definition) is 3. The standard InChI is InChI=1S/C11H13NO3S/c1-7(2)5-6-12-10(13)8-3-4-9(16-8)11(14)15/h3-5H,6H2,1-2H3,(H,12,13)(H,14,15). The molecule has 1 amide bonds. The van der Waals surface area contributed by atoms with Crippen molar-refractivity contribution in [3.63, 3.8) is 0 Å². The maximum absolute atomic E-state index is 11.5. The maximum Gasteiger partial charge on any atom is 0.345 e. The number of carboxylic acid groups (broad SMARTS) is 1. The molecule has 0 aliphatic rings. The van der Waals surface area contributed by atoms with Gasteiger partial charge in [0.05, 0.1) is 4.88 Å². The molecule has 1 aromatic rings. The third-order valence-corrected chi connectivity index (χ3v) is 2.89. The molecule has 0 radical (unpaired) electrons. The van der Waals surface area contributed by atoms with Crippen LogP contribution in [0.25, 0.3) is 0 Å². The Bertz CT molecular complexity index is 430. The summed E-state index contributed by atoms with van der Waals surface area (Å²) in [4.78, 5) is 22.7. The molecule has 0 saturated carbocycles. The van der Waals surface area contributed by atoms with E-state index in [1.165, 1.54) is 12.1 Å². The Balaban J connectivity index is 2.59. The fourth-order valence-electron chi connectivity index (χ4n) is 1.01. The van der Waals surface area contributed by atoms with E-state index >= 15 is 0 Å². The summed E-state index contributed by atoms with van der Waals surface area (Å²) in [5.74, 6) is -1.25. The average molecular weight is 239 g/mol. The number of allylic oxidation sites excluding steroid dienone is 1. The highest BCUT2D eigenvalue weighted by molar-refractivity contribution is 7.15. The third-order valence-electron chi connectivity index (χ3n) is 1.81. The van der Waals surface area contributed by atoms with Crippen LogP contribution in [-0.4, -0.2) is 23.5 Å². The molecule has 0 bridgehead atoms. The summed E-state index contributed by atoms with van der Waals surface area (Å²) in [6.45, 7) is 4.35. The van der Waals surface area contributed by atoms with Gasteiger partial charge in [-0.3, -0.25) is 4.79 Å². The van der Waals surface area contributed by atoms with Gasteiger partial charge in [0.15, 0.2) is 0 Å². The van der Waals surface area contributed by atoms with E-state index in [0.717, 1.165) is 16.9 Å². The highest BCUT2D eigenvalue weighted by atomic mass is 32.1. The number of nitrogens with one attached hydrogen (secondary N) is 1. The van der Waals surface area contributed by atoms with Gasteiger partial charge in [0, 0.05) is 6.54 Å². The average Bonchev–Trinajstić information content (AvgIpc) is 2.65. The molecular weight excluding hydrogens is 226 g/mol. The Morgan fingerprint density at radius 2 is 2.00 bits per heavy atom. The van der Waals surface area contributed by atoms with Crippen molar-refractivity contribution in [2.24, 2.45) is 0 Å². The van der Waals surface area contributed by atoms with Gasteiger partial charge in [0.25, 0.3) is 5.91 Å². The monoisotopic (exact) mass is 239 g/mol. The van der Waals surface area contributed by atoms with E-state index < -0.39 is 5.97 Å². The normalized spacial score (nSPS) is 9.62. The van der Waals surface area contributed by atoms with Crippen LogP contribution in [-0.2, 0) is 0 Å². The SMILES string of the molecule is CC(C)=CCNC(=O)c1ccc(C(=O)O)s1. The van der Waals surface area contributed by atoms with Gasteiger partial charge in [-0.05, 0) is 26.0 Å². The Kier molecular flexibility index (Phi) is 4.25. The van der Waals surface area contributed by atoms with Gasteiger partial charge in [0.1, 0.15) is 4.88 Å². The molecule has 1 aromatic heterocycles. The molecule has 0 aromatic carbocycles.